The second-order valence-electron chi connectivity index (χ2n) is 10.7. The third kappa shape index (κ3) is 4.81. The molecule has 0 spiro atoms. The second-order valence-corrected chi connectivity index (χ2v) is 12.1. The molecule has 2 aliphatic rings. The highest BCUT2D eigenvalue weighted by Gasteiger charge is 2.65. The molecule has 10 heteroatoms. The molecule has 2 aromatic carbocycles. The van der Waals surface area contributed by atoms with Crippen LogP contribution in [0, 0.1) is 22.0 Å². The molecule has 2 fully saturated rings. The Morgan fingerprint density at radius 3 is 2.40 bits per heavy atom. The van der Waals surface area contributed by atoms with Crippen molar-refractivity contribution < 1.29 is 24.4 Å². The summed E-state index contributed by atoms with van der Waals surface area (Å²) in [5.74, 6) is -4.27. The molecule has 4 atom stereocenters. The van der Waals surface area contributed by atoms with Crippen LogP contribution >= 0.6 is 22.9 Å². The predicted molar refractivity (Wildman–Crippen MR) is 152 cm³/mol. The SMILES string of the molecule is CC1(C(=O)O)C(c2cccs2)C(C(=O)c2cccc(Cl)c2)C(c2cccc([N+](=O)[O-])c2)N1C(=O)C1CCCCC1. The Labute approximate surface area is 240 Å². The number of amides is 1. The van der Waals surface area contributed by atoms with Crippen molar-refractivity contribution in [3.63, 3.8) is 0 Å². The molecule has 0 radical (unpaired) electrons. The van der Waals surface area contributed by atoms with Gasteiger partial charge in [-0.1, -0.05) is 61.2 Å². The number of nitrogens with zero attached hydrogens (tertiary/aromatic N) is 2. The number of halogens is 1. The van der Waals surface area contributed by atoms with Gasteiger partial charge >= 0.3 is 5.97 Å². The number of thiophene rings is 1. The van der Waals surface area contributed by atoms with Gasteiger partial charge in [0.2, 0.25) is 5.91 Å². The fourth-order valence-corrected chi connectivity index (χ4v) is 7.69. The molecule has 1 N–H and O–H groups in total. The lowest BCUT2D eigenvalue weighted by molar-refractivity contribution is -0.385. The maximum Gasteiger partial charge on any atom is 0.330 e. The van der Waals surface area contributed by atoms with E-state index in [1.54, 1.807) is 36.4 Å². The maximum absolute atomic E-state index is 14.4. The molecule has 4 unspecified atom stereocenters. The predicted octanol–water partition coefficient (Wildman–Crippen LogP) is 6.90. The van der Waals surface area contributed by atoms with E-state index in [0.717, 1.165) is 19.3 Å². The molecule has 5 rings (SSSR count). The number of ketones is 1. The van der Waals surface area contributed by atoms with Crippen LogP contribution in [0.3, 0.4) is 0 Å². The van der Waals surface area contributed by atoms with Gasteiger partial charge in [0.1, 0.15) is 5.54 Å². The Morgan fingerprint density at radius 1 is 1.05 bits per heavy atom. The molecule has 1 aliphatic heterocycles. The maximum atomic E-state index is 14.4. The van der Waals surface area contributed by atoms with E-state index in [2.05, 4.69) is 0 Å². The van der Waals surface area contributed by atoms with Crippen molar-refractivity contribution in [1.29, 1.82) is 0 Å². The number of non-ortho nitro benzene ring substituents is 1. The first-order chi connectivity index (χ1) is 19.1. The van der Waals surface area contributed by atoms with Gasteiger partial charge in [0.05, 0.1) is 16.9 Å². The fraction of sp³-hybridized carbons (Fsp3) is 0.367. The summed E-state index contributed by atoms with van der Waals surface area (Å²) in [6, 6.07) is 14.8. The Hall–Kier alpha value is -3.56. The van der Waals surface area contributed by atoms with E-state index in [9.17, 15) is 29.6 Å². The van der Waals surface area contributed by atoms with Gasteiger partial charge < -0.3 is 10.0 Å². The molecule has 2 heterocycles. The van der Waals surface area contributed by atoms with Gasteiger partial charge in [0.15, 0.2) is 5.78 Å². The minimum absolute atomic E-state index is 0.201. The monoisotopic (exact) mass is 580 g/mol. The van der Waals surface area contributed by atoms with Crippen LogP contribution in [0.1, 0.15) is 71.8 Å². The number of nitro benzene ring substituents is 1. The van der Waals surface area contributed by atoms with Gasteiger partial charge in [-0.05, 0) is 48.9 Å². The lowest BCUT2D eigenvalue weighted by atomic mass is 9.74. The van der Waals surface area contributed by atoms with Crippen LogP contribution in [-0.4, -0.2) is 38.1 Å². The Bertz CT molecular complexity index is 1450. The zero-order valence-electron chi connectivity index (χ0n) is 21.9. The van der Waals surface area contributed by atoms with E-state index >= 15 is 0 Å². The molecule has 1 aromatic heterocycles. The smallest absolute Gasteiger partial charge is 0.330 e. The number of nitro groups is 1. The van der Waals surface area contributed by atoms with E-state index in [1.807, 2.05) is 5.38 Å². The quantitative estimate of drug-likeness (QED) is 0.184. The van der Waals surface area contributed by atoms with E-state index in [1.165, 1.54) is 47.4 Å². The highest BCUT2D eigenvalue weighted by atomic mass is 35.5. The summed E-state index contributed by atoms with van der Waals surface area (Å²) in [6.07, 6.45) is 3.97. The van der Waals surface area contributed by atoms with Crippen LogP contribution in [0.5, 0.6) is 0 Å². The van der Waals surface area contributed by atoms with Crippen molar-refractivity contribution in [2.24, 2.45) is 11.8 Å². The Balaban J connectivity index is 1.79. The minimum atomic E-state index is -1.80. The molecule has 1 amide bonds. The largest absolute Gasteiger partial charge is 0.479 e. The van der Waals surface area contributed by atoms with Gasteiger partial charge in [-0.15, -0.1) is 11.3 Å². The zero-order chi connectivity index (χ0) is 28.6. The molecule has 208 valence electrons. The molecular formula is C30H29ClN2O6S. The van der Waals surface area contributed by atoms with E-state index in [4.69, 9.17) is 11.6 Å². The molecule has 8 nitrogen and oxygen atoms in total. The summed E-state index contributed by atoms with van der Waals surface area (Å²) in [4.78, 5) is 55.4. The summed E-state index contributed by atoms with van der Waals surface area (Å²) in [7, 11) is 0. The molecule has 1 saturated heterocycles. The van der Waals surface area contributed by atoms with Crippen LogP contribution in [-0.2, 0) is 9.59 Å². The first-order valence-corrected chi connectivity index (χ1v) is 14.5. The lowest BCUT2D eigenvalue weighted by Crippen LogP contribution is -2.55. The van der Waals surface area contributed by atoms with Gasteiger partial charge in [-0.2, -0.15) is 0 Å². The second kappa shape index (κ2) is 11.1. The van der Waals surface area contributed by atoms with Crippen molar-refractivity contribution in [2.45, 2.75) is 56.5 Å². The normalized spacial score (nSPS) is 25.1. The number of carboxylic acid groups (broad SMARTS) is 1. The lowest BCUT2D eigenvalue weighted by Gasteiger charge is -2.40. The van der Waals surface area contributed by atoms with Crippen LogP contribution < -0.4 is 0 Å². The Kier molecular flexibility index (Phi) is 7.79. The highest BCUT2D eigenvalue weighted by molar-refractivity contribution is 7.10. The number of aliphatic carboxylic acids is 1. The summed E-state index contributed by atoms with van der Waals surface area (Å²) in [5, 5.41) is 24.8. The number of rotatable bonds is 7. The minimum Gasteiger partial charge on any atom is -0.479 e. The number of benzene rings is 2. The number of carbonyl (C=O) groups excluding carboxylic acids is 2. The molecule has 1 aliphatic carbocycles. The number of carbonyl (C=O) groups is 3. The van der Waals surface area contributed by atoms with E-state index < -0.39 is 40.2 Å². The summed E-state index contributed by atoms with van der Waals surface area (Å²) >= 11 is 7.57. The van der Waals surface area contributed by atoms with Crippen LogP contribution in [0.25, 0.3) is 0 Å². The third-order valence-electron chi connectivity index (χ3n) is 8.39. The van der Waals surface area contributed by atoms with E-state index in [-0.39, 0.29) is 22.9 Å². The fourth-order valence-electron chi connectivity index (χ4n) is 6.51. The van der Waals surface area contributed by atoms with Gasteiger partial charge in [-0.3, -0.25) is 19.7 Å². The summed E-state index contributed by atoms with van der Waals surface area (Å²) < 4.78 is 0. The number of Topliss-reactive ketones (excluding diaryl/α,β-unsaturated/α-hetero) is 1. The van der Waals surface area contributed by atoms with Crippen molar-refractivity contribution in [3.05, 3.63) is 97.2 Å². The van der Waals surface area contributed by atoms with Crippen molar-refractivity contribution in [1.82, 2.24) is 4.90 Å². The average molecular weight is 581 g/mol. The van der Waals surface area contributed by atoms with Crippen LogP contribution in [0.4, 0.5) is 5.69 Å². The molecule has 0 bridgehead atoms. The van der Waals surface area contributed by atoms with Crippen LogP contribution in [0.2, 0.25) is 5.02 Å². The first-order valence-electron chi connectivity index (χ1n) is 13.3. The van der Waals surface area contributed by atoms with Crippen LogP contribution in [0.15, 0.2) is 66.0 Å². The standard InChI is InChI=1S/C30H29ClN2O6S/c1-30(29(36)37)25(23-14-7-15-40-23)24(27(34)20-11-5-12-21(31)16-20)26(19-10-6-13-22(17-19)33(38)39)32(30)28(35)18-8-3-2-4-9-18/h5-7,10-18,24-26H,2-4,8-9H2,1H3,(H,36,37). The third-order valence-corrected chi connectivity index (χ3v) is 9.58. The summed E-state index contributed by atoms with van der Waals surface area (Å²) in [5.41, 5.74) is -1.36. The first kappa shape index (κ1) is 28.0. The average Bonchev–Trinajstić information content (AvgIpc) is 3.57. The summed E-state index contributed by atoms with van der Waals surface area (Å²) in [6.45, 7) is 1.51. The number of hydrogen-bond donors (Lipinski definition) is 1. The van der Waals surface area contributed by atoms with Gasteiger partial charge in [0, 0.05) is 39.4 Å². The highest BCUT2D eigenvalue weighted by Crippen LogP contribution is 2.58. The molecule has 3 aromatic rings. The number of hydrogen-bond acceptors (Lipinski definition) is 6. The number of carboxylic acids is 1. The van der Waals surface area contributed by atoms with Crippen molar-refractivity contribution in [3.8, 4) is 0 Å². The molecule has 1 saturated carbocycles. The number of likely N-dealkylation sites (tertiary alicyclic amines) is 1. The van der Waals surface area contributed by atoms with Crippen molar-refractivity contribution >= 4 is 46.3 Å². The zero-order valence-corrected chi connectivity index (χ0v) is 23.4. The van der Waals surface area contributed by atoms with E-state index in [0.29, 0.717) is 28.3 Å². The topological polar surface area (TPSA) is 118 Å². The molecule has 40 heavy (non-hydrogen) atoms. The van der Waals surface area contributed by atoms with Crippen molar-refractivity contribution in [2.75, 3.05) is 0 Å². The Morgan fingerprint density at radius 2 is 1.77 bits per heavy atom. The molecular weight excluding hydrogens is 552 g/mol. The van der Waals surface area contributed by atoms with Gasteiger partial charge in [-0.25, -0.2) is 4.79 Å². The van der Waals surface area contributed by atoms with Gasteiger partial charge in [0.25, 0.3) is 5.69 Å².